The Labute approximate surface area is 118 Å². The van der Waals surface area contributed by atoms with Crippen LogP contribution in [0.2, 0.25) is 0 Å². The molecule has 0 aliphatic carbocycles. The van der Waals surface area contributed by atoms with Gasteiger partial charge in [0.25, 0.3) is 0 Å². The lowest BCUT2D eigenvalue weighted by Crippen LogP contribution is -2.32. The Kier molecular flexibility index (Phi) is 3.97. The molecule has 1 aliphatic heterocycles. The first kappa shape index (κ1) is 13.1. The van der Waals surface area contributed by atoms with E-state index in [1.807, 2.05) is 18.2 Å². The van der Waals surface area contributed by atoms with Crippen LogP contribution in [0.15, 0.2) is 42.5 Å². The molecule has 3 rings (SSSR count). The van der Waals surface area contributed by atoms with Crippen molar-refractivity contribution in [2.75, 3.05) is 13.2 Å². The standard InChI is InChI=1S/C17H19NO2/c19-17(18-12-16-6-3-9-20-16)11-13-7-8-14-4-1-2-5-15(14)10-13/h1-2,4-5,7-8,10,16H,3,6,9,11-12H2,(H,18,19). The molecule has 0 saturated carbocycles. The van der Waals surface area contributed by atoms with Gasteiger partial charge in [-0.25, -0.2) is 0 Å². The number of carbonyl (C=O) groups excluding carboxylic acids is 1. The Bertz CT molecular complexity index is 603. The first-order valence-electron chi connectivity index (χ1n) is 7.17. The summed E-state index contributed by atoms with van der Waals surface area (Å²) in [6.07, 6.45) is 2.79. The van der Waals surface area contributed by atoms with Gasteiger partial charge in [-0.3, -0.25) is 4.79 Å². The van der Waals surface area contributed by atoms with Crippen molar-refractivity contribution >= 4 is 16.7 Å². The van der Waals surface area contributed by atoms with Crippen LogP contribution in [0, 0.1) is 0 Å². The van der Waals surface area contributed by atoms with Gasteiger partial charge in [0.2, 0.25) is 5.91 Å². The Morgan fingerprint density at radius 3 is 2.85 bits per heavy atom. The molecule has 1 fully saturated rings. The van der Waals surface area contributed by atoms with E-state index in [1.54, 1.807) is 0 Å². The Morgan fingerprint density at radius 2 is 2.05 bits per heavy atom. The van der Waals surface area contributed by atoms with Crippen molar-refractivity contribution in [2.45, 2.75) is 25.4 Å². The third-order valence-corrected chi connectivity index (χ3v) is 3.73. The molecule has 3 heteroatoms. The molecular weight excluding hydrogens is 250 g/mol. The molecule has 1 amide bonds. The summed E-state index contributed by atoms with van der Waals surface area (Å²) in [5.41, 5.74) is 1.05. The molecule has 1 N–H and O–H groups in total. The number of amides is 1. The van der Waals surface area contributed by atoms with Gasteiger partial charge >= 0.3 is 0 Å². The average Bonchev–Trinajstić information content (AvgIpc) is 2.98. The molecule has 104 valence electrons. The van der Waals surface area contributed by atoms with E-state index in [0.29, 0.717) is 13.0 Å². The monoisotopic (exact) mass is 269 g/mol. The van der Waals surface area contributed by atoms with E-state index in [-0.39, 0.29) is 12.0 Å². The highest BCUT2D eigenvalue weighted by Gasteiger charge is 2.16. The number of hydrogen-bond donors (Lipinski definition) is 1. The van der Waals surface area contributed by atoms with E-state index >= 15 is 0 Å². The van der Waals surface area contributed by atoms with Crippen LogP contribution in [0.1, 0.15) is 18.4 Å². The van der Waals surface area contributed by atoms with E-state index in [1.165, 1.54) is 10.8 Å². The highest BCUT2D eigenvalue weighted by atomic mass is 16.5. The lowest BCUT2D eigenvalue weighted by Gasteiger charge is -2.11. The summed E-state index contributed by atoms with van der Waals surface area (Å²) in [7, 11) is 0. The molecule has 2 aromatic carbocycles. The quantitative estimate of drug-likeness (QED) is 0.926. The lowest BCUT2D eigenvalue weighted by molar-refractivity contribution is -0.120. The van der Waals surface area contributed by atoms with E-state index in [2.05, 4.69) is 29.6 Å². The van der Waals surface area contributed by atoms with Crippen molar-refractivity contribution in [3.63, 3.8) is 0 Å². The summed E-state index contributed by atoms with van der Waals surface area (Å²) in [6, 6.07) is 14.4. The van der Waals surface area contributed by atoms with Gasteiger partial charge in [-0.2, -0.15) is 0 Å². The molecule has 1 atom stereocenters. The van der Waals surface area contributed by atoms with E-state index < -0.39 is 0 Å². The molecule has 1 unspecified atom stereocenters. The maximum atomic E-state index is 11.9. The van der Waals surface area contributed by atoms with Crippen LogP contribution in [0.4, 0.5) is 0 Å². The van der Waals surface area contributed by atoms with Crippen LogP contribution in [0.5, 0.6) is 0 Å². The number of rotatable bonds is 4. The minimum Gasteiger partial charge on any atom is -0.376 e. The molecule has 3 nitrogen and oxygen atoms in total. The zero-order chi connectivity index (χ0) is 13.8. The van der Waals surface area contributed by atoms with Gasteiger partial charge in [-0.05, 0) is 29.2 Å². The van der Waals surface area contributed by atoms with Crippen LogP contribution in [-0.2, 0) is 16.0 Å². The number of carbonyl (C=O) groups is 1. The van der Waals surface area contributed by atoms with Gasteiger partial charge in [0.1, 0.15) is 0 Å². The summed E-state index contributed by atoms with van der Waals surface area (Å²) >= 11 is 0. The lowest BCUT2D eigenvalue weighted by atomic mass is 10.0. The Hall–Kier alpha value is -1.87. The largest absolute Gasteiger partial charge is 0.376 e. The van der Waals surface area contributed by atoms with Gasteiger partial charge in [-0.15, -0.1) is 0 Å². The number of nitrogens with one attached hydrogen (secondary N) is 1. The summed E-state index contributed by atoms with van der Waals surface area (Å²) in [4.78, 5) is 11.9. The van der Waals surface area contributed by atoms with Crippen molar-refractivity contribution in [3.05, 3.63) is 48.0 Å². The number of ether oxygens (including phenoxy) is 1. The van der Waals surface area contributed by atoms with Gasteiger partial charge in [0.15, 0.2) is 0 Å². The fourth-order valence-corrected chi connectivity index (χ4v) is 2.63. The predicted octanol–water partition coefficient (Wildman–Crippen LogP) is 2.68. The van der Waals surface area contributed by atoms with Crippen molar-refractivity contribution < 1.29 is 9.53 Å². The van der Waals surface area contributed by atoms with Crippen LogP contribution in [0.25, 0.3) is 10.8 Å². The highest BCUT2D eigenvalue weighted by molar-refractivity contribution is 5.85. The molecule has 1 heterocycles. The normalized spacial score (nSPS) is 18.3. The zero-order valence-electron chi connectivity index (χ0n) is 11.5. The van der Waals surface area contributed by atoms with Crippen molar-refractivity contribution in [2.24, 2.45) is 0 Å². The van der Waals surface area contributed by atoms with Crippen molar-refractivity contribution in [3.8, 4) is 0 Å². The average molecular weight is 269 g/mol. The maximum absolute atomic E-state index is 11.9. The van der Waals surface area contributed by atoms with Crippen molar-refractivity contribution in [1.82, 2.24) is 5.32 Å². The fraction of sp³-hybridized carbons (Fsp3) is 0.353. The minimum atomic E-state index is 0.0655. The predicted molar refractivity (Wildman–Crippen MR) is 79.6 cm³/mol. The second-order valence-corrected chi connectivity index (χ2v) is 5.30. The van der Waals surface area contributed by atoms with Gasteiger partial charge in [-0.1, -0.05) is 42.5 Å². The number of benzene rings is 2. The Morgan fingerprint density at radius 1 is 1.20 bits per heavy atom. The summed E-state index contributed by atoms with van der Waals surface area (Å²) in [5.74, 6) is 0.0655. The summed E-state index contributed by atoms with van der Waals surface area (Å²) < 4.78 is 5.50. The Balaban J connectivity index is 1.59. The van der Waals surface area contributed by atoms with Crippen LogP contribution >= 0.6 is 0 Å². The first-order chi connectivity index (χ1) is 9.81. The van der Waals surface area contributed by atoms with Crippen LogP contribution in [0.3, 0.4) is 0 Å². The van der Waals surface area contributed by atoms with E-state index in [9.17, 15) is 4.79 Å². The molecule has 20 heavy (non-hydrogen) atoms. The molecule has 1 aliphatic rings. The smallest absolute Gasteiger partial charge is 0.224 e. The number of fused-ring (bicyclic) bond motifs is 1. The first-order valence-corrected chi connectivity index (χ1v) is 7.17. The zero-order valence-corrected chi connectivity index (χ0v) is 11.5. The summed E-state index contributed by atoms with van der Waals surface area (Å²) in [6.45, 7) is 1.46. The fourth-order valence-electron chi connectivity index (χ4n) is 2.63. The topological polar surface area (TPSA) is 38.3 Å². The van der Waals surface area contributed by atoms with Gasteiger partial charge in [0, 0.05) is 13.2 Å². The van der Waals surface area contributed by atoms with Gasteiger partial charge in [0.05, 0.1) is 12.5 Å². The summed E-state index contributed by atoms with van der Waals surface area (Å²) in [5, 5.41) is 5.34. The number of hydrogen-bond acceptors (Lipinski definition) is 2. The second-order valence-electron chi connectivity index (χ2n) is 5.30. The molecular formula is C17H19NO2. The molecule has 0 aromatic heterocycles. The van der Waals surface area contributed by atoms with Crippen molar-refractivity contribution in [1.29, 1.82) is 0 Å². The second kappa shape index (κ2) is 6.06. The van der Waals surface area contributed by atoms with E-state index in [0.717, 1.165) is 25.0 Å². The maximum Gasteiger partial charge on any atom is 0.224 e. The third kappa shape index (κ3) is 3.17. The minimum absolute atomic E-state index is 0.0655. The molecule has 0 bridgehead atoms. The van der Waals surface area contributed by atoms with Gasteiger partial charge < -0.3 is 10.1 Å². The molecule has 0 radical (unpaired) electrons. The van der Waals surface area contributed by atoms with Crippen LogP contribution < -0.4 is 5.32 Å². The highest BCUT2D eigenvalue weighted by Crippen LogP contribution is 2.16. The van der Waals surface area contributed by atoms with Crippen LogP contribution in [-0.4, -0.2) is 25.2 Å². The third-order valence-electron chi connectivity index (χ3n) is 3.73. The molecule has 1 saturated heterocycles. The molecule has 2 aromatic rings. The van der Waals surface area contributed by atoms with E-state index in [4.69, 9.17) is 4.74 Å². The molecule has 0 spiro atoms. The SMILES string of the molecule is O=C(Cc1ccc2ccccc2c1)NCC1CCCO1.